The number of rotatable bonds is 4. The fourth-order valence-corrected chi connectivity index (χ4v) is 2.69. The average molecular weight is 325 g/mol. The van der Waals surface area contributed by atoms with Crippen LogP contribution in [0.25, 0.3) is 0 Å². The van der Waals surface area contributed by atoms with Gasteiger partial charge in [-0.3, -0.25) is 9.59 Å². The van der Waals surface area contributed by atoms with Gasteiger partial charge < -0.3 is 4.90 Å². The molecule has 0 spiro atoms. The van der Waals surface area contributed by atoms with Gasteiger partial charge in [0, 0.05) is 17.4 Å². The lowest BCUT2D eigenvalue weighted by Crippen LogP contribution is -2.30. The normalized spacial score (nSPS) is 13.6. The fourth-order valence-electron chi connectivity index (χ4n) is 2.04. The maximum absolute atomic E-state index is 13.3. The predicted molar refractivity (Wildman–Crippen MR) is 70.2 cm³/mol. The molecule has 0 fully saturated rings. The molecule has 1 aliphatic rings. The predicted octanol–water partition coefficient (Wildman–Crippen LogP) is 2.81. The maximum Gasteiger partial charge on any atom is 0.299 e. The summed E-state index contributed by atoms with van der Waals surface area (Å²) in [5.41, 5.74) is 0.519. The molecule has 2 rings (SSSR count). The summed E-state index contributed by atoms with van der Waals surface area (Å²) in [5, 5.41) is 8.45. The van der Waals surface area contributed by atoms with Crippen LogP contribution in [-0.2, 0) is 4.79 Å². The maximum atomic E-state index is 13.3. The molecule has 1 heterocycles. The number of carbonyl (C=O) groups excluding carboxylic acids is 2. The first-order chi connectivity index (χ1) is 9.06. The molecular weight excluding hydrogens is 315 g/mol. The van der Waals surface area contributed by atoms with Crippen molar-refractivity contribution in [1.82, 2.24) is 0 Å². The Morgan fingerprint density at radius 2 is 2.05 bits per heavy atom. The number of halogens is 2. The number of fused-ring (bicyclic) bond motifs is 1. The lowest BCUT2D eigenvalue weighted by atomic mass is 10.1. The standard InChI is InChI=1S/C13H10BrFN2O2/c14-10-7-8(15)6-9-11(10)17(13(19)12(9)18)5-3-1-2-4-16/h6-7H,1-3,5H2. The van der Waals surface area contributed by atoms with Gasteiger partial charge in [0.1, 0.15) is 5.82 Å². The third kappa shape index (κ3) is 2.51. The van der Waals surface area contributed by atoms with Crippen molar-refractivity contribution >= 4 is 33.3 Å². The monoisotopic (exact) mass is 324 g/mol. The van der Waals surface area contributed by atoms with Crippen LogP contribution in [0.4, 0.5) is 10.1 Å². The zero-order valence-electron chi connectivity index (χ0n) is 9.95. The fraction of sp³-hybridized carbons (Fsp3) is 0.308. The van der Waals surface area contributed by atoms with Crippen LogP contribution in [0.3, 0.4) is 0 Å². The van der Waals surface area contributed by atoms with Crippen LogP contribution in [0.5, 0.6) is 0 Å². The minimum absolute atomic E-state index is 0.0946. The minimum Gasteiger partial charge on any atom is -0.304 e. The summed E-state index contributed by atoms with van der Waals surface area (Å²) >= 11 is 3.18. The van der Waals surface area contributed by atoms with Crippen LogP contribution in [0.1, 0.15) is 29.6 Å². The zero-order chi connectivity index (χ0) is 14.0. The smallest absolute Gasteiger partial charge is 0.299 e. The summed E-state index contributed by atoms with van der Waals surface area (Å²) < 4.78 is 13.6. The highest BCUT2D eigenvalue weighted by Gasteiger charge is 2.37. The van der Waals surface area contributed by atoms with E-state index in [2.05, 4.69) is 15.9 Å². The second kappa shape index (κ2) is 5.49. The Morgan fingerprint density at radius 3 is 2.74 bits per heavy atom. The first kappa shape index (κ1) is 13.7. The Kier molecular flexibility index (Phi) is 3.96. The number of nitrogens with zero attached hydrogens (tertiary/aromatic N) is 2. The van der Waals surface area contributed by atoms with Crippen molar-refractivity contribution in [2.45, 2.75) is 19.3 Å². The van der Waals surface area contributed by atoms with Crippen LogP contribution in [0.2, 0.25) is 0 Å². The summed E-state index contributed by atoms with van der Waals surface area (Å²) in [4.78, 5) is 25.0. The molecule has 1 aromatic rings. The van der Waals surface area contributed by atoms with Gasteiger partial charge >= 0.3 is 0 Å². The number of anilines is 1. The largest absolute Gasteiger partial charge is 0.304 e. The number of carbonyl (C=O) groups is 2. The summed E-state index contributed by atoms with van der Waals surface area (Å²) in [5.74, 6) is -1.88. The van der Waals surface area contributed by atoms with Gasteiger partial charge in [0.25, 0.3) is 11.7 Å². The van der Waals surface area contributed by atoms with Crippen LogP contribution in [0, 0.1) is 17.1 Å². The number of nitriles is 1. The van der Waals surface area contributed by atoms with Crippen LogP contribution in [0.15, 0.2) is 16.6 Å². The van der Waals surface area contributed by atoms with Gasteiger partial charge in [0.15, 0.2) is 0 Å². The number of hydrogen-bond acceptors (Lipinski definition) is 3. The topological polar surface area (TPSA) is 61.2 Å². The molecule has 0 aliphatic carbocycles. The van der Waals surface area contributed by atoms with E-state index in [0.717, 1.165) is 6.07 Å². The molecule has 1 aromatic carbocycles. The molecule has 98 valence electrons. The van der Waals surface area contributed by atoms with Crippen molar-refractivity contribution in [2.24, 2.45) is 0 Å². The summed E-state index contributed by atoms with van der Waals surface area (Å²) in [6.07, 6.45) is 1.69. The van der Waals surface area contributed by atoms with Crippen molar-refractivity contribution < 1.29 is 14.0 Å². The van der Waals surface area contributed by atoms with Crippen LogP contribution >= 0.6 is 15.9 Å². The van der Waals surface area contributed by atoms with E-state index in [4.69, 9.17) is 5.26 Å². The number of benzene rings is 1. The molecule has 0 saturated heterocycles. The van der Waals surface area contributed by atoms with Gasteiger partial charge in [-0.05, 0) is 40.9 Å². The molecular formula is C13H10BrFN2O2. The van der Waals surface area contributed by atoms with Crippen LogP contribution in [-0.4, -0.2) is 18.2 Å². The Hall–Kier alpha value is -1.74. The Morgan fingerprint density at radius 1 is 1.32 bits per heavy atom. The molecule has 0 atom stereocenters. The van der Waals surface area contributed by atoms with Gasteiger partial charge in [0.05, 0.1) is 17.3 Å². The molecule has 4 nitrogen and oxygen atoms in total. The Balaban J connectivity index is 2.26. The molecule has 0 N–H and O–H groups in total. The lowest BCUT2D eigenvalue weighted by Gasteiger charge is -2.17. The van der Waals surface area contributed by atoms with Crippen molar-refractivity contribution in [3.63, 3.8) is 0 Å². The average Bonchev–Trinajstić information content (AvgIpc) is 2.60. The molecule has 6 heteroatoms. The van der Waals surface area contributed by atoms with Crippen molar-refractivity contribution in [2.75, 3.05) is 11.4 Å². The summed E-state index contributed by atoms with van der Waals surface area (Å²) in [6, 6.07) is 4.33. The third-order valence-corrected chi connectivity index (χ3v) is 3.51. The number of Topliss-reactive ketones (excluding diaryl/α,β-unsaturated/α-hetero) is 1. The van der Waals surface area contributed by atoms with Gasteiger partial charge in [0.2, 0.25) is 0 Å². The third-order valence-electron chi connectivity index (χ3n) is 2.90. The van der Waals surface area contributed by atoms with E-state index < -0.39 is 17.5 Å². The SMILES string of the molecule is N#CCCCCN1C(=O)C(=O)c2cc(F)cc(Br)c21. The van der Waals surface area contributed by atoms with Gasteiger partial charge in [-0.25, -0.2) is 4.39 Å². The molecule has 0 saturated carbocycles. The lowest BCUT2D eigenvalue weighted by molar-refractivity contribution is -0.114. The minimum atomic E-state index is -0.685. The van der Waals surface area contributed by atoms with E-state index >= 15 is 0 Å². The number of hydrogen-bond donors (Lipinski definition) is 0. The molecule has 1 aliphatic heterocycles. The number of unbranched alkanes of at least 4 members (excludes halogenated alkanes) is 2. The van der Waals surface area contributed by atoms with Crippen molar-refractivity contribution in [3.8, 4) is 6.07 Å². The quantitative estimate of drug-likeness (QED) is 0.632. The van der Waals surface area contributed by atoms with Crippen LogP contribution < -0.4 is 4.90 Å². The van der Waals surface area contributed by atoms with Crippen molar-refractivity contribution in [1.29, 1.82) is 5.26 Å². The Labute approximate surface area is 117 Å². The highest BCUT2D eigenvalue weighted by molar-refractivity contribution is 9.10. The molecule has 1 amide bonds. The second-order valence-corrected chi connectivity index (χ2v) is 5.04. The first-order valence-electron chi connectivity index (χ1n) is 5.78. The van der Waals surface area contributed by atoms with E-state index in [1.807, 2.05) is 6.07 Å². The highest BCUT2D eigenvalue weighted by atomic mass is 79.9. The van der Waals surface area contributed by atoms with E-state index in [1.165, 1.54) is 11.0 Å². The zero-order valence-corrected chi connectivity index (χ0v) is 11.5. The molecule has 19 heavy (non-hydrogen) atoms. The summed E-state index contributed by atoms with van der Waals surface area (Å²) in [7, 11) is 0. The van der Waals surface area contributed by atoms with Crippen molar-refractivity contribution in [3.05, 3.63) is 28.0 Å². The molecule has 0 bridgehead atoms. The second-order valence-electron chi connectivity index (χ2n) is 4.18. The number of amides is 1. The van der Waals surface area contributed by atoms with Gasteiger partial charge in [-0.2, -0.15) is 5.26 Å². The van der Waals surface area contributed by atoms with E-state index in [0.29, 0.717) is 36.0 Å². The first-order valence-corrected chi connectivity index (χ1v) is 6.57. The molecule has 0 radical (unpaired) electrons. The molecule has 0 unspecified atom stereocenters. The van der Waals surface area contributed by atoms with E-state index in [9.17, 15) is 14.0 Å². The number of ketones is 1. The molecule has 0 aromatic heterocycles. The van der Waals surface area contributed by atoms with E-state index in [-0.39, 0.29) is 5.56 Å². The Bertz CT molecular complexity index is 595. The summed E-state index contributed by atoms with van der Waals surface area (Å²) in [6.45, 7) is 0.351. The van der Waals surface area contributed by atoms with Gasteiger partial charge in [-0.15, -0.1) is 0 Å². The van der Waals surface area contributed by atoms with E-state index in [1.54, 1.807) is 0 Å². The van der Waals surface area contributed by atoms with Gasteiger partial charge in [-0.1, -0.05) is 0 Å². The highest BCUT2D eigenvalue weighted by Crippen LogP contribution is 2.37.